The topological polar surface area (TPSA) is 78.9 Å². The molecule has 0 amide bonds. The van der Waals surface area contributed by atoms with Gasteiger partial charge in [0.15, 0.2) is 6.10 Å². The van der Waals surface area contributed by atoms with E-state index in [1.807, 2.05) is 0 Å². The van der Waals surface area contributed by atoms with Gasteiger partial charge in [-0.15, -0.1) is 0 Å². The Labute approximate surface area is 506 Å². The number of allylic oxidation sites excluding steroid dienone is 4. The second-order valence-electron chi connectivity index (χ2n) is 25.2. The van der Waals surface area contributed by atoms with E-state index in [2.05, 4.69) is 45.1 Å². The molecule has 0 aliphatic carbocycles. The molecule has 0 N–H and O–H groups in total. The molecule has 1 atom stereocenters. The van der Waals surface area contributed by atoms with E-state index in [9.17, 15) is 14.4 Å². The van der Waals surface area contributed by atoms with Gasteiger partial charge in [-0.2, -0.15) is 0 Å². The number of carbonyl (C=O) groups is 3. The standard InChI is InChI=1S/C75H142O6/c1-4-7-10-13-16-18-20-22-24-26-28-30-32-34-36-37-39-40-42-44-46-48-50-52-54-56-59-62-65-68-74(77)80-71-72(70-79-73(76)67-64-61-58-15-12-9-6-3)81-75(78)69-66-63-60-57-55-53-51-49-47-45-43-41-38-35-33-31-29-27-25-23-21-19-17-14-11-8-5-2/h26-29,72H,4-25,30-71H2,1-3H3/b28-26-,29-27-. The maximum absolute atomic E-state index is 12.9. The molecule has 0 aromatic heterocycles. The maximum atomic E-state index is 12.9. The van der Waals surface area contributed by atoms with Crippen LogP contribution in [-0.4, -0.2) is 37.2 Å². The predicted octanol–water partition coefficient (Wildman–Crippen LogP) is 25.3. The number of unbranched alkanes of at least 4 members (excludes halogenated alkanes) is 54. The molecule has 0 aliphatic heterocycles. The van der Waals surface area contributed by atoms with Crippen LogP contribution in [0.2, 0.25) is 0 Å². The predicted molar refractivity (Wildman–Crippen MR) is 353 cm³/mol. The average Bonchev–Trinajstić information content (AvgIpc) is 3.47. The van der Waals surface area contributed by atoms with Crippen LogP contribution in [0, 0.1) is 0 Å². The normalized spacial score (nSPS) is 12.1. The van der Waals surface area contributed by atoms with Crippen molar-refractivity contribution in [1.82, 2.24) is 0 Å². The SMILES string of the molecule is CCCCCCCCCC/C=C\CCCCCCCCCCCCCCCCCCCC(=O)OCC(COC(=O)CCCCCCCCC)OC(=O)CCCCCCCCCCCCCCCCC/C=C\CCCCCCCCCC. The van der Waals surface area contributed by atoms with Gasteiger partial charge in [-0.25, -0.2) is 0 Å². The summed E-state index contributed by atoms with van der Waals surface area (Å²) in [6, 6.07) is 0. The summed E-state index contributed by atoms with van der Waals surface area (Å²) in [6.45, 7) is 6.68. The minimum Gasteiger partial charge on any atom is -0.462 e. The monoisotopic (exact) mass is 1140 g/mol. The highest BCUT2D eigenvalue weighted by Crippen LogP contribution is 2.19. The maximum Gasteiger partial charge on any atom is 0.306 e. The number of hydrogen-bond donors (Lipinski definition) is 0. The fraction of sp³-hybridized carbons (Fsp3) is 0.907. The lowest BCUT2D eigenvalue weighted by atomic mass is 10.0. The zero-order chi connectivity index (χ0) is 58.5. The van der Waals surface area contributed by atoms with Gasteiger partial charge in [0.05, 0.1) is 0 Å². The lowest BCUT2D eigenvalue weighted by Gasteiger charge is -2.18. The largest absolute Gasteiger partial charge is 0.462 e. The van der Waals surface area contributed by atoms with E-state index >= 15 is 0 Å². The third-order valence-corrected chi connectivity index (χ3v) is 16.9. The third kappa shape index (κ3) is 68.6. The molecular weight excluding hydrogens is 997 g/mol. The molecule has 0 fully saturated rings. The van der Waals surface area contributed by atoms with E-state index < -0.39 is 6.10 Å². The van der Waals surface area contributed by atoms with E-state index in [0.29, 0.717) is 19.3 Å². The molecule has 6 nitrogen and oxygen atoms in total. The molecule has 0 spiro atoms. The average molecular weight is 1140 g/mol. The van der Waals surface area contributed by atoms with Gasteiger partial charge in [-0.3, -0.25) is 14.4 Å². The molecule has 0 saturated heterocycles. The van der Waals surface area contributed by atoms with Crippen LogP contribution >= 0.6 is 0 Å². The van der Waals surface area contributed by atoms with Crippen molar-refractivity contribution in [2.75, 3.05) is 13.2 Å². The number of hydrogen-bond acceptors (Lipinski definition) is 6. The second kappa shape index (κ2) is 70.4. The fourth-order valence-corrected chi connectivity index (χ4v) is 11.4. The summed E-state index contributed by atoms with van der Waals surface area (Å²) in [4.78, 5) is 38.2. The summed E-state index contributed by atoms with van der Waals surface area (Å²) in [5, 5.41) is 0. The summed E-state index contributed by atoms with van der Waals surface area (Å²) < 4.78 is 16.9. The van der Waals surface area contributed by atoms with Gasteiger partial charge in [0, 0.05) is 19.3 Å². The van der Waals surface area contributed by atoms with Crippen molar-refractivity contribution in [3.63, 3.8) is 0 Å². The summed E-state index contributed by atoms with van der Waals surface area (Å²) in [6.07, 6.45) is 86.9. The van der Waals surface area contributed by atoms with Crippen LogP contribution in [0.3, 0.4) is 0 Å². The molecule has 0 aromatic rings. The fourth-order valence-electron chi connectivity index (χ4n) is 11.4. The third-order valence-electron chi connectivity index (χ3n) is 16.9. The van der Waals surface area contributed by atoms with Gasteiger partial charge in [0.2, 0.25) is 0 Å². The van der Waals surface area contributed by atoms with Crippen LogP contribution in [0.4, 0.5) is 0 Å². The van der Waals surface area contributed by atoms with Crippen LogP contribution in [0.15, 0.2) is 24.3 Å². The van der Waals surface area contributed by atoms with E-state index in [4.69, 9.17) is 14.2 Å². The molecule has 81 heavy (non-hydrogen) atoms. The minimum atomic E-state index is -0.766. The van der Waals surface area contributed by atoms with Crippen LogP contribution < -0.4 is 0 Å². The second-order valence-corrected chi connectivity index (χ2v) is 25.2. The van der Waals surface area contributed by atoms with Crippen molar-refractivity contribution >= 4 is 17.9 Å². The van der Waals surface area contributed by atoms with Crippen molar-refractivity contribution in [1.29, 1.82) is 0 Å². The van der Waals surface area contributed by atoms with Crippen molar-refractivity contribution < 1.29 is 28.6 Å². The van der Waals surface area contributed by atoms with Gasteiger partial charge >= 0.3 is 17.9 Å². The Bertz CT molecular complexity index is 1310. The van der Waals surface area contributed by atoms with Gasteiger partial charge in [0.25, 0.3) is 0 Å². The van der Waals surface area contributed by atoms with Gasteiger partial charge in [-0.05, 0) is 70.6 Å². The molecular formula is C75H142O6. The van der Waals surface area contributed by atoms with Crippen molar-refractivity contribution in [3.05, 3.63) is 24.3 Å². The van der Waals surface area contributed by atoms with Crippen LogP contribution in [0.1, 0.15) is 419 Å². The minimum absolute atomic E-state index is 0.0649. The Morgan fingerprint density at radius 2 is 0.407 bits per heavy atom. The highest BCUT2D eigenvalue weighted by Gasteiger charge is 2.19. The molecule has 0 radical (unpaired) electrons. The molecule has 0 aromatic carbocycles. The molecule has 0 heterocycles. The lowest BCUT2D eigenvalue weighted by molar-refractivity contribution is -0.167. The van der Waals surface area contributed by atoms with Gasteiger partial charge in [-0.1, -0.05) is 353 Å². The highest BCUT2D eigenvalue weighted by molar-refractivity contribution is 5.71. The van der Waals surface area contributed by atoms with Crippen molar-refractivity contribution in [2.24, 2.45) is 0 Å². The molecule has 0 saturated carbocycles. The van der Waals surface area contributed by atoms with E-state index in [0.717, 1.165) is 57.8 Å². The first-order valence-corrected chi connectivity index (χ1v) is 36.8. The Kier molecular flexibility index (Phi) is 68.5. The number of rotatable bonds is 69. The van der Waals surface area contributed by atoms with Crippen LogP contribution in [-0.2, 0) is 28.6 Å². The Hall–Kier alpha value is -2.11. The molecule has 0 rings (SSSR count). The van der Waals surface area contributed by atoms with Gasteiger partial charge < -0.3 is 14.2 Å². The molecule has 478 valence electrons. The summed E-state index contributed by atoms with van der Waals surface area (Å²) >= 11 is 0. The highest BCUT2D eigenvalue weighted by atomic mass is 16.6. The molecule has 6 heteroatoms. The molecule has 1 unspecified atom stereocenters. The first-order valence-electron chi connectivity index (χ1n) is 36.8. The van der Waals surface area contributed by atoms with Crippen molar-refractivity contribution in [2.45, 2.75) is 425 Å². The van der Waals surface area contributed by atoms with Gasteiger partial charge in [0.1, 0.15) is 13.2 Å². The summed E-state index contributed by atoms with van der Waals surface area (Å²) in [5.74, 6) is -0.841. The Morgan fingerprint density at radius 3 is 0.617 bits per heavy atom. The number of esters is 3. The van der Waals surface area contributed by atoms with Crippen LogP contribution in [0.25, 0.3) is 0 Å². The van der Waals surface area contributed by atoms with E-state index in [1.165, 1.54) is 321 Å². The Balaban J connectivity index is 3.99. The first kappa shape index (κ1) is 78.9. The first-order chi connectivity index (χ1) is 40.0. The number of ether oxygens (including phenoxy) is 3. The molecule has 0 aliphatic rings. The quantitative estimate of drug-likeness (QED) is 0.0261. The van der Waals surface area contributed by atoms with Crippen LogP contribution in [0.5, 0.6) is 0 Å². The molecule has 0 bridgehead atoms. The summed E-state index contributed by atoms with van der Waals surface area (Å²) in [5.41, 5.74) is 0. The zero-order valence-corrected chi connectivity index (χ0v) is 55.1. The summed E-state index contributed by atoms with van der Waals surface area (Å²) in [7, 11) is 0. The van der Waals surface area contributed by atoms with E-state index in [1.54, 1.807) is 0 Å². The number of carbonyl (C=O) groups excluding carboxylic acids is 3. The zero-order valence-electron chi connectivity index (χ0n) is 55.1. The van der Waals surface area contributed by atoms with E-state index in [-0.39, 0.29) is 31.1 Å². The Morgan fingerprint density at radius 1 is 0.235 bits per heavy atom. The smallest absolute Gasteiger partial charge is 0.306 e. The lowest BCUT2D eigenvalue weighted by Crippen LogP contribution is -2.30. The van der Waals surface area contributed by atoms with Crippen molar-refractivity contribution in [3.8, 4) is 0 Å².